The summed E-state index contributed by atoms with van der Waals surface area (Å²) in [6.45, 7) is 1.75. The van der Waals surface area contributed by atoms with Crippen molar-refractivity contribution in [1.29, 1.82) is 0 Å². The minimum Gasteiger partial charge on any atom is -0.339 e. The molecule has 1 aromatic carbocycles. The molecule has 8 nitrogen and oxygen atoms in total. The second-order valence-electron chi connectivity index (χ2n) is 7.69. The van der Waals surface area contributed by atoms with Crippen LogP contribution in [-0.4, -0.2) is 41.5 Å². The van der Waals surface area contributed by atoms with Crippen molar-refractivity contribution in [1.82, 2.24) is 15.3 Å². The molecule has 2 aliphatic heterocycles. The summed E-state index contributed by atoms with van der Waals surface area (Å²) < 4.78 is 14.7. The smallest absolute Gasteiger partial charge is 0.322 e. The Balaban J connectivity index is 1.31. The lowest BCUT2D eigenvalue weighted by Crippen LogP contribution is -2.27. The lowest BCUT2D eigenvalue weighted by molar-refractivity contribution is -0.117. The van der Waals surface area contributed by atoms with Crippen molar-refractivity contribution in [2.24, 2.45) is 0 Å². The van der Waals surface area contributed by atoms with Crippen LogP contribution in [0.4, 0.5) is 32.1 Å². The lowest BCUT2D eigenvalue weighted by Gasteiger charge is -2.17. The normalized spacial score (nSPS) is 15.9. The maximum atomic E-state index is 14.7. The van der Waals surface area contributed by atoms with Crippen molar-refractivity contribution >= 4 is 34.8 Å². The van der Waals surface area contributed by atoms with Crippen molar-refractivity contribution in [2.75, 3.05) is 34.8 Å². The average Bonchev–Trinajstić information content (AvgIpc) is 3.42. The van der Waals surface area contributed by atoms with Gasteiger partial charge in [-0.3, -0.25) is 14.7 Å². The van der Waals surface area contributed by atoms with Crippen molar-refractivity contribution in [3.8, 4) is 11.1 Å². The zero-order valence-corrected chi connectivity index (χ0v) is 17.2. The van der Waals surface area contributed by atoms with Gasteiger partial charge in [0.15, 0.2) is 0 Å². The van der Waals surface area contributed by atoms with E-state index in [0.717, 1.165) is 12.0 Å². The number of amides is 3. The average molecular weight is 432 g/mol. The first kappa shape index (κ1) is 19.9. The monoisotopic (exact) mass is 432 g/mol. The highest BCUT2D eigenvalue weighted by atomic mass is 19.1. The van der Waals surface area contributed by atoms with Crippen LogP contribution in [0.3, 0.4) is 0 Å². The maximum absolute atomic E-state index is 14.7. The van der Waals surface area contributed by atoms with E-state index in [4.69, 9.17) is 0 Å². The summed E-state index contributed by atoms with van der Waals surface area (Å²) in [5, 5.41) is 5.94. The summed E-state index contributed by atoms with van der Waals surface area (Å²) in [5.41, 5.74) is 3.17. The van der Waals surface area contributed by atoms with Crippen LogP contribution in [0.1, 0.15) is 12.8 Å². The van der Waals surface area contributed by atoms with Crippen LogP contribution in [0.2, 0.25) is 0 Å². The number of halogens is 1. The molecule has 162 valence electrons. The van der Waals surface area contributed by atoms with E-state index in [9.17, 15) is 14.0 Å². The van der Waals surface area contributed by atoms with Gasteiger partial charge in [-0.25, -0.2) is 14.2 Å². The van der Waals surface area contributed by atoms with Gasteiger partial charge in [-0.15, -0.1) is 0 Å². The molecule has 9 heteroatoms. The number of carbonyl (C=O) groups excluding carboxylic acids is 2. The third-order valence-electron chi connectivity index (χ3n) is 5.57. The second kappa shape index (κ2) is 8.26. The molecule has 2 aliphatic rings. The summed E-state index contributed by atoms with van der Waals surface area (Å²) in [5.74, 6) is 0.129. The molecule has 0 bridgehead atoms. The number of nitrogens with one attached hydrogen (secondary N) is 2. The SMILES string of the molecule is O=C1NCCN1c1cncc(Nc2ccc(-c3ccc(N4CCCC4=O)c(F)c3)cn2)c1. The van der Waals surface area contributed by atoms with Crippen LogP contribution in [0.25, 0.3) is 11.1 Å². The summed E-state index contributed by atoms with van der Waals surface area (Å²) in [4.78, 5) is 35.5. The molecule has 5 rings (SSSR count). The first-order valence-electron chi connectivity index (χ1n) is 10.4. The number of hydrogen-bond acceptors (Lipinski definition) is 5. The van der Waals surface area contributed by atoms with Crippen molar-refractivity contribution in [2.45, 2.75) is 12.8 Å². The summed E-state index contributed by atoms with van der Waals surface area (Å²) >= 11 is 0. The number of rotatable bonds is 5. The summed E-state index contributed by atoms with van der Waals surface area (Å²) in [6, 6.07) is 10.2. The van der Waals surface area contributed by atoms with Crippen molar-refractivity contribution < 1.29 is 14.0 Å². The highest BCUT2D eigenvalue weighted by molar-refractivity contribution is 5.96. The van der Waals surface area contributed by atoms with E-state index in [1.54, 1.807) is 41.7 Å². The predicted octanol–water partition coefficient (Wildman–Crippen LogP) is 3.68. The minimum atomic E-state index is -0.422. The fourth-order valence-electron chi connectivity index (χ4n) is 3.96. The number of aromatic nitrogens is 2. The molecule has 3 amide bonds. The van der Waals surface area contributed by atoms with Crippen LogP contribution in [0, 0.1) is 5.82 Å². The predicted molar refractivity (Wildman–Crippen MR) is 119 cm³/mol. The van der Waals surface area contributed by atoms with E-state index in [0.29, 0.717) is 54.5 Å². The van der Waals surface area contributed by atoms with Crippen molar-refractivity contribution in [3.05, 3.63) is 60.8 Å². The van der Waals surface area contributed by atoms with Crippen LogP contribution in [0.15, 0.2) is 55.0 Å². The molecule has 0 atom stereocenters. The Hall–Kier alpha value is -4.01. The van der Waals surface area contributed by atoms with E-state index >= 15 is 0 Å². The fourth-order valence-corrected chi connectivity index (χ4v) is 3.96. The molecule has 0 saturated carbocycles. The van der Waals surface area contributed by atoms with Crippen LogP contribution in [0.5, 0.6) is 0 Å². The number of hydrogen-bond donors (Lipinski definition) is 2. The molecule has 0 radical (unpaired) electrons. The Morgan fingerprint density at radius 2 is 1.84 bits per heavy atom. The number of anilines is 4. The standard InChI is InChI=1S/C23H21FN6O2/c24-19-10-15(3-5-20(19)30-8-1-2-22(30)31)16-4-6-21(27-12-16)28-17-11-18(14-25-13-17)29-9-7-26-23(29)32/h3-6,10-14H,1-2,7-9H2,(H,26,32)(H,27,28). The zero-order valence-electron chi connectivity index (χ0n) is 17.2. The van der Waals surface area contributed by atoms with Gasteiger partial charge in [-0.1, -0.05) is 6.07 Å². The molecular weight excluding hydrogens is 411 g/mol. The quantitative estimate of drug-likeness (QED) is 0.642. The van der Waals surface area contributed by atoms with E-state index in [1.807, 2.05) is 12.1 Å². The molecule has 2 N–H and O–H groups in total. The number of benzene rings is 1. The van der Waals surface area contributed by atoms with Gasteiger partial charge in [-0.05, 0) is 42.3 Å². The largest absolute Gasteiger partial charge is 0.339 e. The van der Waals surface area contributed by atoms with E-state index in [-0.39, 0.29) is 11.9 Å². The van der Waals surface area contributed by atoms with E-state index in [1.165, 1.54) is 11.0 Å². The molecule has 2 saturated heterocycles. The Bertz CT molecular complexity index is 1180. The molecule has 0 spiro atoms. The van der Waals surface area contributed by atoms with E-state index in [2.05, 4.69) is 20.6 Å². The highest BCUT2D eigenvalue weighted by Crippen LogP contribution is 2.29. The van der Waals surface area contributed by atoms with Gasteiger partial charge in [0.25, 0.3) is 0 Å². The van der Waals surface area contributed by atoms with Crippen LogP contribution < -0.4 is 20.4 Å². The molecule has 2 aromatic heterocycles. The van der Waals surface area contributed by atoms with Gasteiger partial charge in [-0.2, -0.15) is 0 Å². The molecule has 0 aliphatic carbocycles. The molecule has 3 aromatic rings. The number of carbonyl (C=O) groups is 2. The third-order valence-corrected chi connectivity index (χ3v) is 5.57. The van der Waals surface area contributed by atoms with Crippen LogP contribution in [-0.2, 0) is 4.79 Å². The Morgan fingerprint density at radius 3 is 2.53 bits per heavy atom. The molecule has 0 unspecified atom stereocenters. The number of pyridine rings is 2. The fraction of sp³-hybridized carbons (Fsp3) is 0.217. The first-order chi connectivity index (χ1) is 15.6. The second-order valence-corrected chi connectivity index (χ2v) is 7.69. The van der Waals surface area contributed by atoms with Crippen molar-refractivity contribution in [3.63, 3.8) is 0 Å². The van der Waals surface area contributed by atoms with Gasteiger partial charge in [0.05, 0.1) is 29.5 Å². The van der Waals surface area contributed by atoms with Gasteiger partial charge < -0.3 is 15.5 Å². The Morgan fingerprint density at radius 1 is 0.969 bits per heavy atom. The van der Waals surface area contributed by atoms with Gasteiger partial charge >= 0.3 is 6.03 Å². The first-order valence-corrected chi connectivity index (χ1v) is 10.4. The lowest BCUT2D eigenvalue weighted by atomic mass is 10.1. The number of urea groups is 1. The van der Waals surface area contributed by atoms with Gasteiger partial charge in [0.1, 0.15) is 11.6 Å². The minimum absolute atomic E-state index is 0.0438. The highest BCUT2D eigenvalue weighted by Gasteiger charge is 2.24. The van der Waals surface area contributed by atoms with Gasteiger partial charge in [0.2, 0.25) is 5.91 Å². The molecular formula is C23H21FN6O2. The van der Waals surface area contributed by atoms with Gasteiger partial charge in [0, 0.05) is 37.8 Å². The molecule has 32 heavy (non-hydrogen) atoms. The van der Waals surface area contributed by atoms with E-state index < -0.39 is 5.82 Å². The summed E-state index contributed by atoms with van der Waals surface area (Å²) in [6.07, 6.45) is 6.16. The summed E-state index contributed by atoms with van der Waals surface area (Å²) in [7, 11) is 0. The Labute approximate surface area is 184 Å². The van der Waals surface area contributed by atoms with Crippen LogP contribution >= 0.6 is 0 Å². The zero-order chi connectivity index (χ0) is 22.1. The Kier molecular flexibility index (Phi) is 5.14. The topological polar surface area (TPSA) is 90.5 Å². The third kappa shape index (κ3) is 3.84. The maximum Gasteiger partial charge on any atom is 0.322 e. The number of nitrogens with zero attached hydrogens (tertiary/aromatic N) is 4. The molecule has 2 fully saturated rings. The molecule has 4 heterocycles.